The summed E-state index contributed by atoms with van der Waals surface area (Å²) in [7, 11) is 1.99. The molecular formula is C15H18N2S. The fraction of sp³-hybridized carbons (Fsp3) is 0.400. The molecule has 0 spiro atoms. The average molecular weight is 258 g/mol. The van der Waals surface area contributed by atoms with Crippen LogP contribution in [0.2, 0.25) is 0 Å². The molecule has 1 saturated carbocycles. The number of hydrogen-bond donors (Lipinski definition) is 1. The highest BCUT2D eigenvalue weighted by Gasteiger charge is 2.26. The van der Waals surface area contributed by atoms with Crippen molar-refractivity contribution in [2.75, 3.05) is 7.05 Å². The van der Waals surface area contributed by atoms with Gasteiger partial charge in [-0.3, -0.25) is 0 Å². The van der Waals surface area contributed by atoms with Crippen molar-refractivity contribution in [3.05, 3.63) is 40.9 Å². The van der Waals surface area contributed by atoms with Gasteiger partial charge in [-0.1, -0.05) is 24.3 Å². The van der Waals surface area contributed by atoms with Crippen molar-refractivity contribution >= 4 is 11.3 Å². The van der Waals surface area contributed by atoms with Crippen LogP contribution in [0.4, 0.5) is 0 Å². The molecule has 1 aliphatic carbocycles. The van der Waals surface area contributed by atoms with Crippen molar-refractivity contribution < 1.29 is 0 Å². The fourth-order valence-corrected chi connectivity index (χ4v) is 3.22. The maximum atomic E-state index is 4.60. The van der Waals surface area contributed by atoms with Crippen LogP contribution in [0.25, 0.3) is 10.6 Å². The van der Waals surface area contributed by atoms with Crippen LogP contribution in [0, 0.1) is 0 Å². The molecule has 1 N–H and O–H groups in total. The van der Waals surface area contributed by atoms with Crippen LogP contribution in [-0.4, -0.2) is 12.0 Å². The minimum atomic E-state index is 0.379. The normalized spacial score (nSPS) is 16.8. The Morgan fingerprint density at radius 1 is 1.33 bits per heavy atom. The van der Waals surface area contributed by atoms with E-state index in [-0.39, 0.29) is 0 Å². The Hall–Kier alpha value is -1.19. The predicted molar refractivity (Wildman–Crippen MR) is 77.0 cm³/mol. The highest BCUT2D eigenvalue weighted by atomic mass is 32.1. The van der Waals surface area contributed by atoms with E-state index >= 15 is 0 Å². The van der Waals surface area contributed by atoms with Gasteiger partial charge in [0.15, 0.2) is 0 Å². The van der Waals surface area contributed by atoms with E-state index in [1.165, 1.54) is 28.8 Å². The number of nitrogens with zero attached hydrogens (tertiary/aromatic N) is 1. The summed E-state index contributed by atoms with van der Waals surface area (Å²) in [6.45, 7) is 2.17. The monoisotopic (exact) mass is 258 g/mol. The second-order valence-corrected chi connectivity index (χ2v) is 6.00. The summed E-state index contributed by atoms with van der Waals surface area (Å²) in [5.41, 5.74) is 2.81. The zero-order valence-corrected chi connectivity index (χ0v) is 11.6. The van der Waals surface area contributed by atoms with E-state index in [4.69, 9.17) is 0 Å². The molecule has 0 amide bonds. The maximum Gasteiger partial charge on any atom is 0.123 e. The van der Waals surface area contributed by atoms with Crippen molar-refractivity contribution in [2.45, 2.75) is 31.7 Å². The largest absolute Gasteiger partial charge is 0.312 e. The molecule has 0 saturated heterocycles. The summed E-state index contributed by atoms with van der Waals surface area (Å²) in [4.78, 5) is 5.91. The van der Waals surface area contributed by atoms with E-state index in [0.29, 0.717) is 6.04 Å². The van der Waals surface area contributed by atoms with Crippen molar-refractivity contribution in [1.29, 1.82) is 0 Å². The first-order valence-electron chi connectivity index (χ1n) is 6.52. The van der Waals surface area contributed by atoms with Crippen LogP contribution < -0.4 is 5.32 Å². The molecule has 3 rings (SSSR count). The molecule has 3 heteroatoms. The molecule has 2 aromatic rings. The molecule has 1 unspecified atom stereocenters. The highest BCUT2D eigenvalue weighted by Crippen LogP contribution is 2.45. The number of benzene rings is 1. The molecule has 1 fully saturated rings. The van der Waals surface area contributed by atoms with Crippen LogP contribution in [0.5, 0.6) is 0 Å². The Labute approximate surface area is 112 Å². The van der Waals surface area contributed by atoms with Gasteiger partial charge < -0.3 is 5.32 Å². The topological polar surface area (TPSA) is 24.9 Å². The first kappa shape index (κ1) is 11.9. The molecule has 0 bridgehead atoms. The number of nitrogens with one attached hydrogen (secondary N) is 1. The van der Waals surface area contributed by atoms with Crippen LogP contribution in [0.1, 0.15) is 42.2 Å². The summed E-state index contributed by atoms with van der Waals surface area (Å²) in [6.07, 6.45) is 4.68. The first-order valence-corrected chi connectivity index (χ1v) is 7.33. The molecule has 1 heterocycles. The maximum absolute atomic E-state index is 4.60. The van der Waals surface area contributed by atoms with E-state index in [1.54, 1.807) is 11.3 Å². The Morgan fingerprint density at radius 2 is 2.11 bits per heavy atom. The molecule has 94 valence electrons. The van der Waals surface area contributed by atoms with Crippen LogP contribution in [0.15, 0.2) is 30.5 Å². The minimum absolute atomic E-state index is 0.379. The third-order valence-corrected chi connectivity index (χ3v) is 4.81. The highest BCUT2D eigenvalue weighted by molar-refractivity contribution is 7.15. The SMILES string of the molecule is CNC(C)c1cnc(-c2ccccc2C2CC2)s1. The van der Waals surface area contributed by atoms with Gasteiger partial charge in [-0.05, 0) is 38.3 Å². The van der Waals surface area contributed by atoms with Gasteiger partial charge in [-0.25, -0.2) is 4.98 Å². The fourth-order valence-electron chi connectivity index (χ4n) is 2.20. The van der Waals surface area contributed by atoms with Crippen LogP contribution >= 0.6 is 11.3 Å². The summed E-state index contributed by atoms with van der Waals surface area (Å²) < 4.78 is 0. The number of aromatic nitrogens is 1. The Bertz CT molecular complexity index is 543. The van der Waals surface area contributed by atoms with Gasteiger partial charge in [-0.2, -0.15) is 0 Å². The van der Waals surface area contributed by atoms with E-state index in [0.717, 1.165) is 10.9 Å². The van der Waals surface area contributed by atoms with Crippen molar-refractivity contribution in [2.24, 2.45) is 0 Å². The molecule has 2 nitrogen and oxygen atoms in total. The zero-order valence-electron chi connectivity index (χ0n) is 10.8. The first-order chi connectivity index (χ1) is 8.79. The number of rotatable bonds is 4. The average Bonchev–Trinajstić information content (AvgIpc) is 3.15. The van der Waals surface area contributed by atoms with Gasteiger partial charge in [-0.15, -0.1) is 11.3 Å². The van der Waals surface area contributed by atoms with Gasteiger partial charge in [0.2, 0.25) is 0 Å². The molecule has 1 aromatic heterocycles. The van der Waals surface area contributed by atoms with Gasteiger partial charge >= 0.3 is 0 Å². The lowest BCUT2D eigenvalue weighted by Crippen LogP contribution is -2.10. The molecule has 0 aliphatic heterocycles. The van der Waals surface area contributed by atoms with Gasteiger partial charge in [0, 0.05) is 22.7 Å². The quantitative estimate of drug-likeness (QED) is 0.897. The van der Waals surface area contributed by atoms with Gasteiger partial charge in [0.05, 0.1) is 0 Å². The summed E-state index contributed by atoms with van der Waals surface area (Å²) >= 11 is 1.80. The smallest absolute Gasteiger partial charge is 0.123 e. The third kappa shape index (κ3) is 2.20. The summed E-state index contributed by atoms with van der Waals surface area (Å²) in [5.74, 6) is 0.773. The Kier molecular flexibility index (Phi) is 3.18. The predicted octanol–water partition coefficient (Wildman–Crippen LogP) is 3.97. The Balaban J connectivity index is 1.97. The van der Waals surface area contributed by atoms with Crippen LogP contribution in [0.3, 0.4) is 0 Å². The van der Waals surface area contributed by atoms with E-state index in [2.05, 4.69) is 41.5 Å². The van der Waals surface area contributed by atoms with Crippen molar-refractivity contribution in [3.8, 4) is 10.6 Å². The van der Waals surface area contributed by atoms with Crippen LogP contribution in [-0.2, 0) is 0 Å². The van der Waals surface area contributed by atoms with E-state index in [9.17, 15) is 0 Å². The lowest BCUT2D eigenvalue weighted by atomic mass is 10.0. The second kappa shape index (κ2) is 4.82. The van der Waals surface area contributed by atoms with Crippen molar-refractivity contribution in [3.63, 3.8) is 0 Å². The number of thiazole rings is 1. The molecule has 0 radical (unpaired) electrons. The molecule has 18 heavy (non-hydrogen) atoms. The van der Waals surface area contributed by atoms with E-state index < -0.39 is 0 Å². The zero-order chi connectivity index (χ0) is 12.5. The lowest BCUT2D eigenvalue weighted by molar-refractivity contribution is 0.662. The van der Waals surface area contributed by atoms with E-state index in [1.807, 2.05) is 13.2 Å². The Morgan fingerprint density at radius 3 is 2.83 bits per heavy atom. The van der Waals surface area contributed by atoms with Gasteiger partial charge in [0.1, 0.15) is 5.01 Å². The molecular weight excluding hydrogens is 240 g/mol. The summed E-state index contributed by atoms with van der Waals surface area (Å²) in [6, 6.07) is 9.10. The second-order valence-electron chi connectivity index (χ2n) is 4.94. The minimum Gasteiger partial charge on any atom is -0.312 e. The molecule has 1 aliphatic rings. The molecule has 1 atom stereocenters. The lowest BCUT2D eigenvalue weighted by Gasteiger charge is -2.06. The summed E-state index contributed by atoms with van der Waals surface area (Å²) in [5, 5.41) is 4.43. The molecule has 1 aromatic carbocycles. The van der Waals surface area contributed by atoms with Gasteiger partial charge in [0.25, 0.3) is 0 Å². The van der Waals surface area contributed by atoms with Crippen molar-refractivity contribution in [1.82, 2.24) is 10.3 Å². The third-order valence-electron chi connectivity index (χ3n) is 3.59. The number of hydrogen-bond acceptors (Lipinski definition) is 3. The standard InChI is InChI=1S/C15H18N2S/c1-10(16-2)14-9-17-15(18-14)13-6-4-3-5-12(13)11-7-8-11/h3-6,9-11,16H,7-8H2,1-2H3.